The fourth-order valence-electron chi connectivity index (χ4n) is 3.14. The molecule has 2 rings (SSSR count). The van der Waals surface area contributed by atoms with Crippen molar-refractivity contribution in [2.24, 2.45) is 11.8 Å². The Morgan fingerprint density at radius 2 is 1.91 bits per heavy atom. The highest BCUT2D eigenvalue weighted by atomic mass is 16.3. The molecule has 124 valence electrons. The third-order valence-electron chi connectivity index (χ3n) is 4.29. The monoisotopic (exact) mass is 313 g/mol. The van der Waals surface area contributed by atoms with Crippen LogP contribution in [-0.2, 0) is 4.79 Å². The van der Waals surface area contributed by atoms with Crippen molar-refractivity contribution in [2.45, 2.75) is 39.3 Å². The molecule has 3 nitrogen and oxygen atoms in total. The van der Waals surface area contributed by atoms with Gasteiger partial charge in [0.15, 0.2) is 0 Å². The highest BCUT2D eigenvalue weighted by Gasteiger charge is 2.35. The third kappa shape index (κ3) is 4.32. The van der Waals surface area contributed by atoms with Crippen LogP contribution in [0.5, 0.6) is 0 Å². The molecule has 1 N–H and O–H groups in total. The molecule has 1 aromatic carbocycles. The summed E-state index contributed by atoms with van der Waals surface area (Å²) in [7, 11) is 0. The van der Waals surface area contributed by atoms with Crippen molar-refractivity contribution in [3.63, 3.8) is 0 Å². The molecule has 0 bridgehead atoms. The molecule has 3 heteroatoms. The van der Waals surface area contributed by atoms with Gasteiger partial charge in [-0.05, 0) is 23.0 Å². The Labute approximate surface area is 139 Å². The highest BCUT2D eigenvalue weighted by molar-refractivity contribution is 5.88. The lowest BCUT2D eigenvalue weighted by Crippen LogP contribution is -2.49. The third-order valence-corrected chi connectivity index (χ3v) is 4.29. The van der Waals surface area contributed by atoms with Gasteiger partial charge in [0.05, 0.1) is 18.6 Å². The van der Waals surface area contributed by atoms with Crippen LogP contribution in [0.15, 0.2) is 49.1 Å². The van der Waals surface area contributed by atoms with Crippen molar-refractivity contribution < 1.29 is 9.90 Å². The van der Waals surface area contributed by atoms with Gasteiger partial charge in [-0.1, -0.05) is 69.8 Å². The number of hydrogen-bond acceptors (Lipinski definition) is 2. The van der Waals surface area contributed by atoms with Crippen LogP contribution in [0, 0.1) is 11.8 Å². The van der Waals surface area contributed by atoms with E-state index in [0.29, 0.717) is 12.5 Å². The minimum atomic E-state index is -0.585. The van der Waals surface area contributed by atoms with E-state index in [9.17, 15) is 9.90 Å². The number of aliphatic hydroxyl groups is 1. The summed E-state index contributed by atoms with van der Waals surface area (Å²) in [5.74, 6) is 0.550. The van der Waals surface area contributed by atoms with Crippen molar-refractivity contribution >= 4 is 11.5 Å². The first kappa shape index (κ1) is 17.5. The molecule has 3 atom stereocenters. The lowest BCUT2D eigenvalue weighted by atomic mass is 9.98. The van der Waals surface area contributed by atoms with Gasteiger partial charge < -0.3 is 10.0 Å². The van der Waals surface area contributed by atoms with Crippen LogP contribution in [-0.4, -0.2) is 34.6 Å². The van der Waals surface area contributed by atoms with Crippen molar-refractivity contribution in [3.05, 3.63) is 54.6 Å². The summed E-state index contributed by atoms with van der Waals surface area (Å²) >= 11 is 0. The molecule has 0 radical (unpaired) electrons. The number of carbonyl (C=O) groups excluding carboxylic acids is 1. The second kappa shape index (κ2) is 7.60. The molecule has 1 aromatic rings. The van der Waals surface area contributed by atoms with Gasteiger partial charge in [0.2, 0.25) is 5.91 Å². The van der Waals surface area contributed by atoms with Gasteiger partial charge in [-0.2, -0.15) is 0 Å². The Bertz CT molecular complexity index is 565. The van der Waals surface area contributed by atoms with E-state index in [1.165, 1.54) is 0 Å². The van der Waals surface area contributed by atoms with E-state index < -0.39 is 6.10 Å². The Balaban J connectivity index is 2.12. The molecule has 0 aliphatic heterocycles. The van der Waals surface area contributed by atoms with E-state index in [-0.39, 0.29) is 24.3 Å². The van der Waals surface area contributed by atoms with Crippen LogP contribution < -0.4 is 0 Å². The molecule has 0 aromatic heterocycles. The van der Waals surface area contributed by atoms with E-state index in [0.717, 1.165) is 11.1 Å². The van der Waals surface area contributed by atoms with Gasteiger partial charge in [-0.15, -0.1) is 0 Å². The SMILES string of the molecule is C=C(CC(=O)N(CC(C)C)[C@@H]1[C@H](C)C=C[C@H]1O)c1ccccc1. The topological polar surface area (TPSA) is 40.5 Å². The van der Waals surface area contributed by atoms with Crippen molar-refractivity contribution in [2.75, 3.05) is 6.54 Å². The molecular formula is C20H27NO2. The smallest absolute Gasteiger partial charge is 0.227 e. The van der Waals surface area contributed by atoms with E-state index in [4.69, 9.17) is 0 Å². The fourth-order valence-corrected chi connectivity index (χ4v) is 3.14. The summed E-state index contributed by atoms with van der Waals surface area (Å²) in [6.45, 7) is 10.9. The number of aliphatic hydroxyl groups excluding tert-OH is 1. The average Bonchev–Trinajstić information content (AvgIpc) is 2.84. The molecular weight excluding hydrogens is 286 g/mol. The molecule has 0 heterocycles. The Morgan fingerprint density at radius 3 is 2.43 bits per heavy atom. The van der Waals surface area contributed by atoms with Crippen LogP contribution in [0.3, 0.4) is 0 Å². The summed E-state index contributed by atoms with van der Waals surface area (Å²) in [4.78, 5) is 14.7. The first-order chi connectivity index (χ1) is 10.9. The van der Waals surface area contributed by atoms with E-state index >= 15 is 0 Å². The quantitative estimate of drug-likeness (QED) is 0.817. The summed E-state index contributed by atoms with van der Waals surface area (Å²) < 4.78 is 0. The largest absolute Gasteiger partial charge is 0.387 e. The Morgan fingerprint density at radius 1 is 1.26 bits per heavy atom. The minimum absolute atomic E-state index is 0.0344. The van der Waals surface area contributed by atoms with Gasteiger partial charge in [0.1, 0.15) is 0 Å². The predicted octanol–water partition coefficient (Wildman–Crippen LogP) is 3.51. The predicted molar refractivity (Wildman–Crippen MR) is 94.7 cm³/mol. The van der Waals surface area contributed by atoms with Crippen LogP contribution >= 0.6 is 0 Å². The zero-order valence-electron chi connectivity index (χ0n) is 14.3. The van der Waals surface area contributed by atoms with Gasteiger partial charge in [-0.3, -0.25) is 4.79 Å². The molecule has 1 aliphatic carbocycles. The lowest BCUT2D eigenvalue weighted by Gasteiger charge is -2.35. The van der Waals surface area contributed by atoms with Crippen molar-refractivity contribution in [3.8, 4) is 0 Å². The van der Waals surface area contributed by atoms with E-state index in [2.05, 4.69) is 20.4 Å². The molecule has 0 spiro atoms. The number of benzene rings is 1. The van der Waals surface area contributed by atoms with Crippen molar-refractivity contribution in [1.29, 1.82) is 0 Å². The average molecular weight is 313 g/mol. The zero-order valence-corrected chi connectivity index (χ0v) is 14.3. The normalized spacial score (nSPS) is 23.3. The zero-order chi connectivity index (χ0) is 17.0. The molecule has 0 saturated heterocycles. The molecule has 0 saturated carbocycles. The molecule has 0 unspecified atom stereocenters. The van der Waals surface area contributed by atoms with Crippen LogP contribution in [0.2, 0.25) is 0 Å². The summed E-state index contributed by atoms with van der Waals surface area (Å²) in [6.07, 6.45) is 3.48. The van der Waals surface area contributed by atoms with Gasteiger partial charge in [-0.25, -0.2) is 0 Å². The van der Waals surface area contributed by atoms with Crippen LogP contribution in [0.25, 0.3) is 5.57 Å². The second-order valence-corrected chi connectivity index (χ2v) is 6.81. The maximum absolute atomic E-state index is 12.9. The molecule has 1 aliphatic rings. The highest BCUT2D eigenvalue weighted by Crippen LogP contribution is 2.27. The van der Waals surface area contributed by atoms with E-state index in [1.54, 1.807) is 6.08 Å². The first-order valence-electron chi connectivity index (χ1n) is 8.29. The van der Waals surface area contributed by atoms with Crippen LogP contribution in [0.4, 0.5) is 0 Å². The number of carbonyl (C=O) groups is 1. The van der Waals surface area contributed by atoms with Gasteiger partial charge in [0, 0.05) is 6.54 Å². The summed E-state index contributed by atoms with van der Waals surface area (Å²) in [6, 6.07) is 9.61. The van der Waals surface area contributed by atoms with Gasteiger partial charge in [0.25, 0.3) is 0 Å². The van der Waals surface area contributed by atoms with E-state index in [1.807, 2.05) is 48.2 Å². The Kier molecular flexibility index (Phi) is 5.78. The second-order valence-electron chi connectivity index (χ2n) is 6.81. The minimum Gasteiger partial charge on any atom is -0.387 e. The maximum atomic E-state index is 12.9. The first-order valence-corrected chi connectivity index (χ1v) is 8.29. The maximum Gasteiger partial charge on any atom is 0.227 e. The molecule has 1 amide bonds. The van der Waals surface area contributed by atoms with Crippen LogP contribution in [0.1, 0.15) is 32.8 Å². The number of rotatable bonds is 6. The summed E-state index contributed by atoms with van der Waals surface area (Å²) in [5.41, 5.74) is 1.81. The number of nitrogens with zero attached hydrogens (tertiary/aromatic N) is 1. The number of hydrogen-bond donors (Lipinski definition) is 1. The molecule has 0 fully saturated rings. The van der Waals surface area contributed by atoms with Gasteiger partial charge >= 0.3 is 0 Å². The summed E-state index contributed by atoms with van der Waals surface area (Å²) in [5, 5.41) is 10.2. The van der Waals surface area contributed by atoms with Crippen molar-refractivity contribution in [1.82, 2.24) is 4.90 Å². The lowest BCUT2D eigenvalue weighted by molar-refractivity contribution is -0.135. The fraction of sp³-hybridized carbons (Fsp3) is 0.450. The Hall–Kier alpha value is -1.87. The number of amides is 1. The standard InChI is InChI=1S/C20H27NO2/c1-14(2)13-21(20-15(3)10-11-18(20)22)19(23)12-16(4)17-8-6-5-7-9-17/h5-11,14-15,18,20,22H,4,12-13H2,1-3H3/t15-,18-,20-/m1/s1. The molecule has 23 heavy (non-hydrogen) atoms.